The molecule has 1 amide bonds. The fourth-order valence-electron chi connectivity index (χ4n) is 1.53. The van der Waals surface area contributed by atoms with E-state index in [9.17, 15) is 4.79 Å². The highest BCUT2D eigenvalue weighted by atomic mass is 32.1. The van der Waals surface area contributed by atoms with Crippen molar-refractivity contribution < 1.29 is 4.79 Å². The number of rotatable bonds is 5. The molecule has 1 N–H and O–H groups in total. The van der Waals surface area contributed by atoms with Crippen LogP contribution in [-0.2, 0) is 6.54 Å². The molecule has 0 unspecified atom stereocenters. The summed E-state index contributed by atoms with van der Waals surface area (Å²) in [4.78, 5) is 29.2. The van der Waals surface area contributed by atoms with Gasteiger partial charge in [-0.05, 0) is 11.4 Å². The van der Waals surface area contributed by atoms with E-state index < -0.39 is 0 Å². The highest BCUT2D eigenvalue weighted by Crippen LogP contribution is 2.11. The van der Waals surface area contributed by atoms with Gasteiger partial charge in [-0.25, -0.2) is 0 Å². The summed E-state index contributed by atoms with van der Waals surface area (Å²) in [5.74, 6) is 1.54. The molecule has 2 aromatic heterocycles. The van der Waals surface area contributed by atoms with E-state index in [2.05, 4.69) is 20.3 Å². The molecular weight excluding hydrogens is 288 g/mol. The first-order chi connectivity index (χ1) is 9.97. The van der Waals surface area contributed by atoms with Crippen molar-refractivity contribution in [1.29, 1.82) is 0 Å². The van der Waals surface area contributed by atoms with Crippen molar-refractivity contribution in [1.82, 2.24) is 20.3 Å². The molecule has 0 fully saturated rings. The molecule has 8 heteroatoms. The zero-order valence-electron chi connectivity index (χ0n) is 12.5. The standard InChI is InChI=1S/C13H18N6OS/c1-18(2)12-15-10(16-13(17-12)19(3)4)8-14-11(20)9-6-5-7-21-9/h5-7H,8H2,1-4H3,(H,14,20). The summed E-state index contributed by atoms with van der Waals surface area (Å²) in [7, 11) is 7.46. The van der Waals surface area contributed by atoms with Crippen LogP contribution in [0.5, 0.6) is 0 Å². The maximum Gasteiger partial charge on any atom is 0.261 e. The summed E-state index contributed by atoms with van der Waals surface area (Å²) in [6, 6.07) is 3.63. The van der Waals surface area contributed by atoms with Crippen LogP contribution in [0.2, 0.25) is 0 Å². The number of hydrogen-bond acceptors (Lipinski definition) is 7. The molecule has 0 aromatic carbocycles. The Bertz CT molecular complexity index is 585. The second-order valence-corrected chi connectivity index (χ2v) is 5.75. The summed E-state index contributed by atoms with van der Waals surface area (Å²) < 4.78 is 0. The monoisotopic (exact) mass is 306 g/mol. The van der Waals surface area contributed by atoms with Crippen molar-refractivity contribution in [2.75, 3.05) is 38.0 Å². The molecule has 0 aliphatic heterocycles. The molecule has 0 saturated carbocycles. The average Bonchev–Trinajstić information content (AvgIpc) is 2.98. The Morgan fingerprint density at radius 2 is 1.76 bits per heavy atom. The van der Waals surface area contributed by atoms with E-state index in [0.29, 0.717) is 22.6 Å². The third-order valence-corrected chi connectivity index (χ3v) is 3.48. The number of nitrogens with zero attached hydrogens (tertiary/aromatic N) is 5. The Morgan fingerprint density at radius 3 is 2.24 bits per heavy atom. The Balaban J connectivity index is 2.13. The number of anilines is 2. The van der Waals surface area contributed by atoms with Crippen LogP contribution in [0.4, 0.5) is 11.9 Å². The van der Waals surface area contributed by atoms with Crippen LogP contribution in [0.3, 0.4) is 0 Å². The summed E-state index contributed by atoms with van der Waals surface area (Å²) in [6.45, 7) is 0.265. The molecular formula is C13H18N6OS. The molecule has 0 atom stereocenters. The lowest BCUT2D eigenvalue weighted by Crippen LogP contribution is -2.25. The van der Waals surface area contributed by atoms with E-state index in [4.69, 9.17) is 0 Å². The maximum atomic E-state index is 11.9. The Kier molecular flexibility index (Phi) is 4.69. The van der Waals surface area contributed by atoms with Gasteiger partial charge in [0.1, 0.15) is 0 Å². The van der Waals surface area contributed by atoms with Crippen LogP contribution >= 0.6 is 11.3 Å². The molecule has 0 bridgehead atoms. The number of carbonyl (C=O) groups excluding carboxylic acids is 1. The molecule has 2 rings (SSSR count). The zero-order valence-corrected chi connectivity index (χ0v) is 13.3. The Hall–Kier alpha value is -2.22. The van der Waals surface area contributed by atoms with Crippen LogP contribution in [-0.4, -0.2) is 49.0 Å². The van der Waals surface area contributed by atoms with Crippen LogP contribution in [0, 0.1) is 0 Å². The van der Waals surface area contributed by atoms with Gasteiger partial charge in [0, 0.05) is 28.2 Å². The van der Waals surface area contributed by atoms with Gasteiger partial charge in [0.2, 0.25) is 11.9 Å². The van der Waals surface area contributed by atoms with Crippen molar-refractivity contribution in [2.45, 2.75) is 6.54 Å². The van der Waals surface area contributed by atoms with E-state index in [-0.39, 0.29) is 12.5 Å². The highest BCUT2D eigenvalue weighted by Gasteiger charge is 2.11. The zero-order chi connectivity index (χ0) is 15.4. The molecule has 2 heterocycles. The topological polar surface area (TPSA) is 74.2 Å². The molecule has 0 saturated heterocycles. The first-order valence-corrected chi connectivity index (χ1v) is 7.26. The molecule has 0 aliphatic rings. The summed E-state index contributed by atoms with van der Waals surface area (Å²) in [5, 5.41) is 4.68. The largest absolute Gasteiger partial charge is 0.347 e. The smallest absolute Gasteiger partial charge is 0.261 e. The van der Waals surface area contributed by atoms with E-state index in [1.54, 1.807) is 15.9 Å². The van der Waals surface area contributed by atoms with Crippen molar-refractivity contribution in [3.63, 3.8) is 0 Å². The molecule has 2 aromatic rings. The quantitative estimate of drug-likeness (QED) is 0.888. The van der Waals surface area contributed by atoms with Crippen molar-refractivity contribution in [2.24, 2.45) is 0 Å². The van der Waals surface area contributed by atoms with Gasteiger partial charge in [0.15, 0.2) is 5.82 Å². The molecule has 21 heavy (non-hydrogen) atoms. The summed E-state index contributed by atoms with van der Waals surface area (Å²) in [5.41, 5.74) is 0. The summed E-state index contributed by atoms with van der Waals surface area (Å²) in [6.07, 6.45) is 0. The lowest BCUT2D eigenvalue weighted by Gasteiger charge is -2.16. The van der Waals surface area contributed by atoms with Gasteiger partial charge in [0.05, 0.1) is 11.4 Å². The second-order valence-electron chi connectivity index (χ2n) is 4.80. The first kappa shape index (κ1) is 15.2. The molecule has 0 radical (unpaired) electrons. The van der Waals surface area contributed by atoms with E-state index in [0.717, 1.165) is 0 Å². The van der Waals surface area contributed by atoms with Crippen molar-refractivity contribution in [3.8, 4) is 0 Å². The fraction of sp³-hybridized carbons (Fsp3) is 0.385. The lowest BCUT2D eigenvalue weighted by molar-refractivity contribution is 0.0954. The van der Waals surface area contributed by atoms with Crippen LogP contribution in [0.25, 0.3) is 0 Å². The molecule has 7 nitrogen and oxygen atoms in total. The number of hydrogen-bond donors (Lipinski definition) is 1. The predicted octanol–water partition coefficient (Wildman–Crippen LogP) is 0.995. The minimum atomic E-state index is -0.122. The number of aromatic nitrogens is 3. The predicted molar refractivity (Wildman–Crippen MR) is 84.0 cm³/mol. The van der Waals surface area contributed by atoms with Gasteiger partial charge in [-0.3, -0.25) is 4.79 Å². The van der Waals surface area contributed by atoms with Crippen molar-refractivity contribution in [3.05, 3.63) is 28.2 Å². The average molecular weight is 306 g/mol. The van der Waals surface area contributed by atoms with E-state index >= 15 is 0 Å². The maximum absolute atomic E-state index is 11.9. The minimum Gasteiger partial charge on any atom is -0.347 e. The third-order valence-electron chi connectivity index (χ3n) is 2.61. The minimum absolute atomic E-state index is 0.122. The van der Waals surface area contributed by atoms with Crippen molar-refractivity contribution >= 4 is 29.1 Å². The SMILES string of the molecule is CN(C)c1nc(CNC(=O)c2cccs2)nc(N(C)C)n1. The fourth-order valence-corrected chi connectivity index (χ4v) is 2.17. The van der Waals surface area contributed by atoms with Crippen LogP contribution < -0.4 is 15.1 Å². The Labute approximate surface area is 127 Å². The van der Waals surface area contributed by atoms with Gasteiger partial charge in [0.25, 0.3) is 5.91 Å². The second kappa shape index (κ2) is 6.49. The number of carbonyl (C=O) groups is 1. The molecule has 0 spiro atoms. The number of nitrogens with one attached hydrogen (secondary N) is 1. The lowest BCUT2D eigenvalue weighted by atomic mass is 10.4. The molecule has 112 valence electrons. The third kappa shape index (κ3) is 3.88. The number of thiophene rings is 1. The van der Waals surface area contributed by atoms with Crippen LogP contribution in [0.1, 0.15) is 15.5 Å². The normalized spacial score (nSPS) is 10.3. The Morgan fingerprint density at radius 1 is 1.14 bits per heavy atom. The first-order valence-electron chi connectivity index (χ1n) is 6.38. The summed E-state index contributed by atoms with van der Waals surface area (Å²) >= 11 is 1.40. The van der Waals surface area contributed by atoms with Gasteiger partial charge in [-0.15, -0.1) is 11.3 Å². The van der Waals surface area contributed by atoms with E-state index in [1.807, 2.05) is 39.6 Å². The van der Waals surface area contributed by atoms with Crippen LogP contribution in [0.15, 0.2) is 17.5 Å². The van der Waals surface area contributed by atoms with Gasteiger partial charge >= 0.3 is 0 Å². The van der Waals surface area contributed by atoms with Gasteiger partial charge in [-0.2, -0.15) is 15.0 Å². The van der Waals surface area contributed by atoms with Gasteiger partial charge in [-0.1, -0.05) is 6.07 Å². The van der Waals surface area contributed by atoms with Gasteiger partial charge < -0.3 is 15.1 Å². The highest BCUT2D eigenvalue weighted by molar-refractivity contribution is 7.12. The van der Waals surface area contributed by atoms with E-state index in [1.165, 1.54) is 11.3 Å². The number of amides is 1. The molecule has 0 aliphatic carbocycles.